The molecule has 0 amide bonds. The zero-order valence-electron chi connectivity index (χ0n) is 10.8. The number of hydrogen-bond acceptors (Lipinski definition) is 4. The molecule has 0 saturated heterocycles. The highest BCUT2D eigenvalue weighted by molar-refractivity contribution is 7.99. The summed E-state index contributed by atoms with van der Waals surface area (Å²) in [5.74, 6) is 0.841. The monoisotopic (exact) mass is 281 g/mol. The third-order valence-corrected chi connectivity index (χ3v) is 4.86. The van der Waals surface area contributed by atoms with Crippen LogP contribution in [0.25, 0.3) is 0 Å². The second-order valence-electron chi connectivity index (χ2n) is 4.67. The van der Waals surface area contributed by atoms with Crippen LogP contribution in [0.15, 0.2) is 12.3 Å². The Balaban J connectivity index is 2.23. The fraction of sp³-hybridized carbons (Fsp3) is 0.538. The van der Waals surface area contributed by atoms with Crippen LogP contribution in [0.4, 0.5) is 5.82 Å². The van der Waals surface area contributed by atoms with E-state index in [2.05, 4.69) is 16.6 Å². The van der Waals surface area contributed by atoms with E-state index in [1.165, 1.54) is 19.3 Å². The average Bonchev–Trinajstić information content (AvgIpc) is 2.76. The first-order valence-electron chi connectivity index (χ1n) is 6.18. The SMILES string of the molecule is CSC1CCCC1Nc1nccc(C)c1C(N)=S. The van der Waals surface area contributed by atoms with Crippen LogP contribution in [0.2, 0.25) is 0 Å². The molecule has 1 aromatic heterocycles. The summed E-state index contributed by atoms with van der Waals surface area (Å²) in [6.07, 6.45) is 7.72. The van der Waals surface area contributed by atoms with Gasteiger partial charge < -0.3 is 11.1 Å². The van der Waals surface area contributed by atoms with Crippen LogP contribution in [0.1, 0.15) is 30.4 Å². The quantitative estimate of drug-likeness (QED) is 0.831. The minimum absolute atomic E-state index is 0.418. The molecule has 5 heteroatoms. The predicted octanol–water partition coefficient (Wildman–Crippen LogP) is 2.72. The van der Waals surface area contributed by atoms with E-state index in [0.29, 0.717) is 16.3 Å². The molecular weight excluding hydrogens is 262 g/mol. The van der Waals surface area contributed by atoms with Crippen LogP contribution in [0.5, 0.6) is 0 Å². The topological polar surface area (TPSA) is 50.9 Å². The summed E-state index contributed by atoms with van der Waals surface area (Å²) in [5, 5.41) is 4.19. The van der Waals surface area contributed by atoms with E-state index in [-0.39, 0.29) is 0 Å². The van der Waals surface area contributed by atoms with Crippen molar-refractivity contribution in [2.24, 2.45) is 5.73 Å². The van der Waals surface area contributed by atoms with Crippen molar-refractivity contribution in [3.8, 4) is 0 Å². The molecule has 98 valence electrons. The number of nitrogens with two attached hydrogens (primary N) is 1. The van der Waals surface area contributed by atoms with Gasteiger partial charge in [0.05, 0.1) is 5.56 Å². The summed E-state index contributed by atoms with van der Waals surface area (Å²) in [6, 6.07) is 2.42. The molecule has 3 nitrogen and oxygen atoms in total. The largest absolute Gasteiger partial charge is 0.389 e. The molecule has 2 unspecified atom stereocenters. The lowest BCUT2D eigenvalue weighted by molar-refractivity contribution is 0.763. The number of pyridine rings is 1. The lowest BCUT2D eigenvalue weighted by Gasteiger charge is -2.21. The maximum absolute atomic E-state index is 5.80. The molecule has 2 rings (SSSR count). The van der Waals surface area contributed by atoms with E-state index in [1.807, 2.05) is 30.9 Å². The molecule has 1 heterocycles. The van der Waals surface area contributed by atoms with Crippen LogP contribution in [-0.4, -0.2) is 27.5 Å². The van der Waals surface area contributed by atoms with Crippen molar-refractivity contribution in [3.05, 3.63) is 23.4 Å². The first-order chi connectivity index (χ1) is 8.63. The fourth-order valence-corrected chi connectivity index (χ4v) is 3.72. The van der Waals surface area contributed by atoms with Crippen LogP contribution in [0, 0.1) is 6.92 Å². The minimum Gasteiger partial charge on any atom is -0.389 e. The van der Waals surface area contributed by atoms with Gasteiger partial charge in [-0.05, 0) is 37.7 Å². The fourth-order valence-electron chi connectivity index (χ4n) is 2.53. The first-order valence-corrected chi connectivity index (χ1v) is 7.88. The van der Waals surface area contributed by atoms with Crippen molar-refractivity contribution in [1.82, 2.24) is 4.98 Å². The zero-order chi connectivity index (χ0) is 13.1. The average molecular weight is 281 g/mol. The summed E-state index contributed by atoms with van der Waals surface area (Å²) in [6.45, 7) is 2.02. The molecule has 18 heavy (non-hydrogen) atoms. The van der Waals surface area contributed by atoms with Gasteiger partial charge in [0.1, 0.15) is 10.8 Å². The molecule has 0 aromatic carbocycles. The first kappa shape index (κ1) is 13.6. The summed E-state index contributed by atoms with van der Waals surface area (Å²) >= 11 is 7.05. The minimum atomic E-state index is 0.418. The van der Waals surface area contributed by atoms with Crippen molar-refractivity contribution in [2.75, 3.05) is 11.6 Å². The maximum Gasteiger partial charge on any atom is 0.136 e. The van der Waals surface area contributed by atoms with Gasteiger partial charge in [0.25, 0.3) is 0 Å². The second-order valence-corrected chi connectivity index (χ2v) is 6.19. The number of thioether (sulfide) groups is 1. The van der Waals surface area contributed by atoms with E-state index in [9.17, 15) is 0 Å². The number of anilines is 1. The highest BCUT2D eigenvalue weighted by Crippen LogP contribution is 2.31. The summed E-state index contributed by atoms with van der Waals surface area (Å²) in [7, 11) is 0. The van der Waals surface area contributed by atoms with Gasteiger partial charge in [-0.3, -0.25) is 0 Å². The standard InChI is InChI=1S/C13H19N3S2/c1-8-6-7-15-13(11(8)12(14)17)16-9-4-3-5-10(9)18-2/h6-7,9-10H,3-5H2,1-2H3,(H2,14,17)(H,15,16). The Morgan fingerprint density at radius 2 is 2.33 bits per heavy atom. The molecule has 1 fully saturated rings. The Bertz CT molecular complexity index is 448. The van der Waals surface area contributed by atoms with Gasteiger partial charge in [-0.15, -0.1) is 0 Å². The predicted molar refractivity (Wildman–Crippen MR) is 83.4 cm³/mol. The van der Waals surface area contributed by atoms with E-state index in [4.69, 9.17) is 18.0 Å². The van der Waals surface area contributed by atoms with Crippen LogP contribution in [-0.2, 0) is 0 Å². The van der Waals surface area contributed by atoms with Crippen molar-refractivity contribution >= 4 is 34.8 Å². The van der Waals surface area contributed by atoms with E-state index in [1.54, 1.807) is 0 Å². The number of thiocarbonyl (C=S) groups is 1. The number of nitrogens with one attached hydrogen (secondary N) is 1. The van der Waals surface area contributed by atoms with Crippen molar-refractivity contribution in [2.45, 2.75) is 37.5 Å². The Kier molecular flexibility index (Phi) is 4.45. The molecule has 2 atom stereocenters. The number of aryl methyl sites for hydroxylation is 1. The van der Waals surface area contributed by atoms with E-state index < -0.39 is 0 Å². The maximum atomic E-state index is 5.80. The molecule has 0 aliphatic heterocycles. The highest BCUT2D eigenvalue weighted by atomic mass is 32.2. The molecule has 0 bridgehead atoms. The Labute approximate surface area is 118 Å². The Hall–Kier alpha value is -0.810. The van der Waals surface area contributed by atoms with Crippen LogP contribution < -0.4 is 11.1 Å². The molecule has 0 spiro atoms. The molecule has 0 radical (unpaired) electrons. The molecule has 3 N–H and O–H groups in total. The van der Waals surface area contributed by atoms with E-state index >= 15 is 0 Å². The normalized spacial score (nSPS) is 23.0. The molecule has 1 aromatic rings. The van der Waals surface area contributed by atoms with Crippen LogP contribution in [0.3, 0.4) is 0 Å². The Morgan fingerprint density at radius 3 is 3.00 bits per heavy atom. The molecular formula is C13H19N3S2. The van der Waals surface area contributed by atoms with Crippen molar-refractivity contribution in [3.63, 3.8) is 0 Å². The number of nitrogens with zero attached hydrogens (tertiary/aromatic N) is 1. The smallest absolute Gasteiger partial charge is 0.136 e. The van der Waals surface area contributed by atoms with Gasteiger partial charge >= 0.3 is 0 Å². The van der Waals surface area contributed by atoms with E-state index in [0.717, 1.165) is 16.9 Å². The van der Waals surface area contributed by atoms with Gasteiger partial charge in [0.15, 0.2) is 0 Å². The Morgan fingerprint density at radius 1 is 1.56 bits per heavy atom. The lowest BCUT2D eigenvalue weighted by atomic mass is 10.1. The second kappa shape index (κ2) is 5.89. The third kappa shape index (κ3) is 2.78. The van der Waals surface area contributed by atoms with Gasteiger partial charge in [-0.2, -0.15) is 11.8 Å². The van der Waals surface area contributed by atoms with Gasteiger partial charge in [-0.1, -0.05) is 18.6 Å². The van der Waals surface area contributed by atoms with Crippen LogP contribution >= 0.6 is 24.0 Å². The molecule has 1 saturated carbocycles. The molecule has 1 aliphatic carbocycles. The van der Waals surface area contributed by atoms with Crippen molar-refractivity contribution < 1.29 is 0 Å². The van der Waals surface area contributed by atoms with Gasteiger partial charge in [-0.25, -0.2) is 4.98 Å². The van der Waals surface area contributed by atoms with Crippen molar-refractivity contribution in [1.29, 1.82) is 0 Å². The number of aromatic nitrogens is 1. The third-order valence-electron chi connectivity index (χ3n) is 3.48. The number of rotatable bonds is 4. The lowest BCUT2D eigenvalue weighted by Crippen LogP contribution is -2.28. The summed E-state index contributed by atoms with van der Waals surface area (Å²) < 4.78 is 0. The highest BCUT2D eigenvalue weighted by Gasteiger charge is 2.27. The molecule has 1 aliphatic rings. The summed E-state index contributed by atoms with van der Waals surface area (Å²) in [5.41, 5.74) is 7.77. The summed E-state index contributed by atoms with van der Waals surface area (Å²) in [4.78, 5) is 4.82. The van der Waals surface area contributed by atoms with Gasteiger partial charge in [0.2, 0.25) is 0 Å². The number of hydrogen-bond donors (Lipinski definition) is 2. The van der Waals surface area contributed by atoms with Gasteiger partial charge in [0, 0.05) is 17.5 Å². The zero-order valence-corrected chi connectivity index (χ0v) is 12.4.